The van der Waals surface area contributed by atoms with Crippen LogP contribution in [0.4, 0.5) is 0 Å². The zero-order chi connectivity index (χ0) is 18.0. The van der Waals surface area contributed by atoms with Crippen LogP contribution in [-0.4, -0.2) is 63.4 Å². The Labute approximate surface area is 143 Å². The van der Waals surface area contributed by atoms with Crippen molar-refractivity contribution in [2.45, 2.75) is 29.8 Å². The second-order valence-corrected chi connectivity index (χ2v) is 8.25. The van der Waals surface area contributed by atoms with E-state index in [1.165, 1.54) is 11.4 Å². The summed E-state index contributed by atoms with van der Waals surface area (Å²) in [6, 6.07) is 6.71. The summed E-state index contributed by atoms with van der Waals surface area (Å²) in [7, 11) is 1.51. The molecule has 1 amide bonds. The van der Waals surface area contributed by atoms with Crippen LogP contribution in [-0.2, 0) is 26.1 Å². The lowest BCUT2D eigenvalue weighted by atomic mass is 9.98. The first-order valence-corrected chi connectivity index (χ1v) is 9.23. The predicted molar refractivity (Wildman–Crippen MR) is 90.8 cm³/mol. The van der Waals surface area contributed by atoms with Crippen molar-refractivity contribution < 1.29 is 17.9 Å². The van der Waals surface area contributed by atoms with Gasteiger partial charge < -0.3 is 15.4 Å². The number of hydrogen-bond acceptors (Lipinski definition) is 5. The van der Waals surface area contributed by atoms with Gasteiger partial charge in [0.2, 0.25) is 15.9 Å². The molecule has 1 atom stereocenters. The third kappa shape index (κ3) is 3.46. The van der Waals surface area contributed by atoms with Crippen molar-refractivity contribution in [3.05, 3.63) is 29.8 Å². The van der Waals surface area contributed by atoms with E-state index in [9.17, 15) is 13.2 Å². The number of benzene rings is 1. The molecule has 0 aliphatic carbocycles. The fourth-order valence-electron chi connectivity index (χ4n) is 3.16. The van der Waals surface area contributed by atoms with Crippen LogP contribution in [0.15, 0.2) is 29.2 Å². The van der Waals surface area contributed by atoms with Gasteiger partial charge in [-0.3, -0.25) is 4.79 Å². The van der Waals surface area contributed by atoms with Gasteiger partial charge in [0, 0.05) is 20.2 Å². The van der Waals surface area contributed by atoms with Crippen molar-refractivity contribution in [2.24, 2.45) is 5.73 Å². The number of hydrogen-bond donors (Lipinski definition) is 1. The van der Waals surface area contributed by atoms with E-state index in [-0.39, 0.29) is 18.0 Å². The molecule has 2 N–H and O–H groups in total. The standard InChI is InChI=1S/C16H25N3O4S/c1-18(2)11-13-5-7-14(8-6-13)24(21,22)19-10-4-9-16(19,12-23-3)15(17)20/h5-8H,4,9-12H2,1-3H3,(H2,17,20). The molecule has 2 rings (SSSR count). The van der Waals surface area contributed by atoms with E-state index >= 15 is 0 Å². The Bertz CT molecular complexity index is 688. The number of carbonyl (C=O) groups excluding carboxylic acids is 1. The average molecular weight is 355 g/mol. The van der Waals surface area contributed by atoms with E-state index in [1.807, 2.05) is 19.0 Å². The van der Waals surface area contributed by atoms with Gasteiger partial charge in [0.15, 0.2) is 0 Å². The van der Waals surface area contributed by atoms with Crippen LogP contribution < -0.4 is 5.73 Å². The number of methoxy groups -OCH3 is 1. The second kappa shape index (κ2) is 7.18. The van der Waals surface area contributed by atoms with Crippen molar-refractivity contribution in [1.29, 1.82) is 0 Å². The first kappa shape index (κ1) is 18.9. The van der Waals surface area contributed by atoms with Crippen LogP contribution in [0, 0.1) is 0 Å². The van der Waals surface area contributed by atoms with E-state index in [0.29, 0.717) is 12.8 Å². The van der Waals surface area contributed by atoms with Gasteiger partial charge in [0.25, 0.3) is 0 Å². The minimum atomic E-state index is -3.82. The van der Waals surface area contributed by atoms with Crippen LogP contribution in [0.5, 0.6) is 0 Å². The minimum Gasteiger partial charge on any atom is -0.382 e. The molecule has 1 fully saturated rings. The zero-order valence-electron chi connectivity index (χ0n) is 14.4. The summed E-state index contributed by atoms with van der Waals surface area (Å²) >= 11 is 0. The van der Waals surface area contributed by atoms with Crippen molar-refractivity contribution >= 4 is 15.9 Å². The Morgan fingerprint density at radius 3 is 2.46 bits per heavy atom. The normalized spacial score (nSPS) is 22.2. The Balaban J connectivity index is 2.36. The van der Waals surface area contributed by atoms with Crippen molar-refractivity contribution in [3.8, 4) is 0 Å². The number of rotatable bonds is 7. The van der Waals surface area contributed by atoms with Crippen LogP contribution in [0.3, 0.4) is 0 Å². The summed E-state index contributed by atoms with van der Waals surface area (Å²) in [5.41, 5.74) is 5.24. The Morgan fingerprint density at radius 2 is 1.96 bits per heavy atom. The molecule has 1 aliphatic heterocycles. The average Bonchev–Trinajstić information content (AvgIpc) is 2.93. The van der Waals surface area contributed by atoms with Crippen molar-refractivity contribution in [2.75, 3.05) is 34.4 Å². The van der Waals surface area contributed by atoms with Gasteiger partial charge in [-0.2, -0.15) is 4.31 Å². The molecule has 8 heteroatoms. The van der Waals surface area contributed by atoms with Crippen LogP contribution in [0.2, 0.25) is 0 Å². The summed E-state index contributed by atoms with van der Waals surface area (Å²) in [6.07, 6.45) is 0.943. The molecule has 134 valence electrons. The quantitative estimate of drug-likeness (QED) is 0.764. The van der Waals surface area contributed by atoms with E-state index < -0.39 is 21.5 Å². The highest BCUT2D eigenvalue weighted by Gasteiger charge is 2.52. The summed E-state index contributed by atoms with van der Waals surface area (Å²) in [6.45, 7) is 0.938. The van der Waals surface area contributed by atoms with Gasteiger partial charge in [-0.1, -0.05) is 12.1 Å². The molecule has 0 spiro atoms. The maximum atomic E-state index is 13.0. The molecule has 7 nitrogen and oxygen atoms in total. The van der Waals surface area contributed by atoms with E-state index in [0.717, 1.165) is 12.1 Å². The van der Waals surface area contributed by atoms with Gasteiger partial charge in [-0.05, 0) is 44.6 Å². The number of primary amides is 1. The van der Waals surface area contributed by atoms with Gasteiger partial charge in [-0.25, -0.2) is 8.42 Å². The van der Waals surface area contributed by atoms with Crippen LogP contribution >= 0.6 is 0 Å². The number of nitrogens with zero attached hydrogens (tertiary/aromatic N) is 2. The Morgan fingerprint density at radius 1 is 1.33 bits per heavy atom. The molecule has 1 aromatic rings. The lowest BCUT2D eigenvalue weighted by molar-refractivity contribution is -0.128. The number of nitrogens with two attached hydrogens (primary N) is 1. The maximum Gasteiger partial charge on any atom is 0.244 e. The summed E-state index contributed by atoms with van der Waals surface area (Å²) in [5, 5.41) is 0. The lowest BCUT2D eigenvalue weighted by Gasteiger charge is -2.34. The first-order valence-electron chi connectivity index (χ1n) is 7.79. The molecule has 1 unspecified atom stereocenters. The molecule has 1 heterocycles. The molecule has 24 heavy (non-hydrogen) atoms. The first-order chi connectivity index (χ1) is 11.2. The highest BCUT2D eigenvalue weighted by molar-refractivity contribution is 7.89. The van der Waals surface area contributed by atoms with Gasteiger partial charge in [-0.15, -0.1) is 0 Å². The van der Waals surface area contributed by atoms with E-state index in [1.54, 1.807) is 24.3 Å². The number of amides is 1. The van der Waals surface area contributed by atoms with Gasteiger partial charge >= 0.3 is 0 Å². The highest BCUT2D eigenvalue weighted by Crippen LogP contribution is 2.35. The Kier molecular flexibility index (Phi) is 5.64. The molecule has 0 bridgehead atoms. The molecule has 1 aromatic carbocycles. The minimum absolute atomic E-state index is 0.0414. The third-order valence-electron chi connectivity index (χ3n) is 4.28. The van der Waals surface area contributed by atoms with E-state index in [4.69, 9.17) is 10.5 Å². The van der Waals surface area contributed by atoms with Crippen LogP contribution in [0.1, 0.15) is 18.4 Å². The predicted octanol–water partition coefficient (Wildman–Crippen LogP) is 0.403. The van der Waals surface area contributed by atoms with Crippen molar-refractivity contribution in [1.82, 2.24) is 9.21 Å². The largest absolute Gasteiger partial charge is 0.382 e. The third-order valence-corrected chi connectivity index (χ3v) is 6.26. The highest BCUT2D eigenvalue weighted by atomic mass is 32.2. The topological polar surface area (TPSA) is 92.9 Å². The SMILES string of the molecule is COCC1(C(N)=O)CCCN1S(=O)(=O)c1ccc(CN(C)C)cc1. The van der Waals surface area contributed by atoms with Crippen LogP contribution in [0.25, 0.3) is 0 Å². The molecular formula is C16H25N3O4S. The summed E-state index contributed by atoms with van der Waals surface area (Å²) < 4.78 is 32.3. The fourth-order valence-corrected chi connectivity index (χ4v) is 4.96. The molecule has 0 saturated carbocycles. The maximum absolute atomic E-state index is 13.0. The second-order valence-electron chi connectivity index (χ2n) is 6.39. The molecular weight excluding hydrogens is 330 g/mol. The zero-order valence-corrected chi connectivity index (χ0v) is 15.2. The Hall–Kier alpha value is -1.48. The van der Waals surface area contributed by atoms with Crippen molar-refractivity contribution in [3.63, 3.8) is 0 Å². The number of carbonyl (C=O) groups is 1. The smallest absolute Gasteiger partial charge is 0.244 e. The van der Waals surface area contributed by atoms with E-state index in [2.05, 4.69) is 0 Å². The number of ether oxygens (including phenoxy) is 1. The molecule has 0 radical (unpaired) electrons. The van der Waals surface area contributed by atoms with Gasteiger partial charge in [0.1, 0.15) is 5.54 Å². The molecule has 1 aliphatic rings. The molecule has 1 saturated heterocycles. The fraction of sp³-hybridized carbons (Fsp3) is 0.562. The monoisotopic (exact) mass is 355 g/mol. The molecule has 0 aromatic heterocycles. The summed E-state index contributed by atoms with van der Waals surface area (Å²) in [5.74, 6) is -0.672. The van der Waals surface area contributed by atoms with Gasteiger partial charge in [0.05, 0.1) is 11.5 Å². The lowest BCUT2D eigenvalue weighted by Crippen LogP contribution is -2.58. The summed E-state index contributed by atoms with van der Waals surface area (Å²) in [4.78, 5) is 14.2. The number of sulfonamides is 1.